The van der Waals surface area contributed by atoms with Crippen molar-refractivity contribution < 1.29 is 30.0 Å². The molecule has 0 saturated heterocycles. The molecule has 1 aromatic heterocycles. The van der Waals surface area contributed by atoms with Crippen molar-refractivity contribution in [2.24, 2.45) is 5.92 Å². The summed E-state index contributed by atoms with van der Waals surface area (Å²) in [4.78, 5) is 49.6. The van der Waals surface area contributed by atoms with Crippen molar-refractivity contribution in [2.75, 3.05) is 0 Å². The Morgan fingerprint density at radius 1 is 0.870 bits per heavy atom. The molecular weight excluding hydrogens is 593 g/mol. The van der Waals surface area contributed by atoms with Crippen LogP contribution in [0.2, 0.25) is 0 Å². The maximum Gasteiger partial charge on any atom is 0.408 e. The maximum atomic E-state index is 13.0. The van der Waals surface area contributed by atoms with E-state index in [0.29, 0.717) is 17.7 Å². The standard InChI is InChI=1S/C22H23FN2O3.C13H17NO4.H2/c1-15(2)20-19(12-16-6-4-3-5-7-16)25(22(27)24-21(20)26)14-28-13-17-8-10-18(23)11-9-17;1-9(2)11(12(15)16)14-13(17)18-8-10-6-4-3-5-7-10;/h3-11,15H,12-14H2,1-2H3,(H,24,26,27);3-7,9,11H,8H2,1-2H3,(H,14,17)(H,15,16);1H. The van der Waals surface area contributed by atoms with Crippen LogP contribution in [-0.4, -0.2) is 32.8 Å². The van der Waals surface area contributed by atoms with Crippen molar-refractivity contribution >= 4 is 12.1 Å². The minimum Gasteiger partial charge on any atom is -0.480 e. The molecule has 1 unspecified atom stereocenters. The third kappa shape index (κ3) is 10.8. The van der Waals surface area contributed by atoms with E-state index in [1.54, 1.807) is 26.0 Å². The Morgan fingerprint density at radius 2 is 1.43 bits per heavy atom. The number of carboxylic acid groups (broad SMARTS) is 1. The largest absolute Gasteiger partial charge is 0.480 e. The van der Waals surface area contributed by atoms with Gasteiger partial charge in [0.2, 0.25) is 0 Å². The Morgan fingerprint density at radius 3 is 1.98 bits per heavy atom. The van der Waals surface area contributed by atoms with Crippen LogP contribution in [0.4, 0.5) is 9.18 Å². The molecule has 4 rings (SSSR count). The first-order valence-corrected chi connectivity index (χ1v) is 14.9. The summed E-state index contributed by atoms with van der Waals surface area (Å²) >= 11 is 0. The first-order chi connectivity index (χ1) is 22.0. The second kappa shape index (κ2) is 17.5. The number of ether oxygens (including phenoxy) is 2. The second-order valence-corrected chi connectivity index (χ2v) is 11.2. The number of benzene rings is 3. The topological polar surface area (TPSA) is 140 Å². The fraction of sp³-hybridized carbons (Fsp3) is 0.314. The smallest absolute Gasteiger partial charge is 0.408 e. The molecule has 246 valence electrons. The van der Waals surface area contributed by atoms with Crippen LogP contribution < -0.4 is 16.6 Å². The average Bonchev–Trinajstić information content (AvgIpc) is 3.02. The number of nitrogens with one attached hydrogen (secondary N) is 2. The fourth-order valence-corrected chi connectivity index (χ4v) is 4.58. The van der Waals surface area contributed by atoms with Crippen molar-refractivity contribution in [2.45, 2.75) is 66.0 Å². The van der Waals surface area contributed by atoms with Crippen LogP contribution in [0.25, 0.3) is 0 Å². The first kappa shape index (κ1) is 35.4. The fourth-order valence-electron chi connectivity index (χ4n) is 4.58. The highest BCUT2D eigenvalue weighted by atomic mass is 19.1. The van der Waals surface area contributed by atoms with Crippen molar-refractivity contribution in [3.63, 3.8) is 0 Å². The number of hydrogen-bond donors (Lipinski definition) is 3. The summed E-state index contributed by atoms with van der Waals surface area (Å²) < 4.78 is 25.1. The summed E-state index contributed by atoms with van der Waals surface area (Å²) in [6, 6.07) is 23.9. The number of halogens is 1. The highest BCUT2D eigenvalue weighted by molar-refractivity contribution is 5.80. The van der Waals surface area contributed by atoms with E-state index in [1.807, 2.05) is 74.5 Å². The number of aromatic amines is 1. The lowest BCUT2D eigenvalue weighted by molar-refractivity contribution is -0.140. The van der Waals surface area contributed by atoms with Crippen LogP contribution in [0, 0.1) is 11.7 Å². The SMILES string of the molecule is CC(C)C(NC(=O)OCc1ccccc1)C(=O)O.CC(C)c1c(Cc2ccccc2)n(COCc2ccc(F)cc2)c(=O)[nH]c1=O.[HH]. The van der Waals surface area contributed by atoms with Gasteiger partial charge in [-0.25, -0.2) is 18.8 Å². The Bertz CT molecular complexity index is 1680. The third-order valence-corrected chi connectivity index (χ3v) is 6.96. The summed E-state index contributed by atoms with van der Waals surface area (Å²) in [7, 11) is 0. The maximum absolute atomic E-state index is 13.0. The molecule has 1 atom stereocenters. The molecule has 0 radical (unpaired) electrons. The van der Waals surface area contributed by atoms with Crippen LogP contribution in [0.3, 0.4) is 0 Å². The number of carbonyl (C=O) groups excluding carboxylic acids is 1. The summed E-state index contributed by atoms with van der Waals surface area (Å²) in [6.45, 7) is 7.63. The Kier molecular flexibility index (Phi) is 13.5. The quantitative estimate of drug-likeness (QED) is 0.178. The van der Waals surface area contributed by atoms with Gasteiger partial charge in [0.1, 0.15) is 25.2 Å². The van der Waals surface area contributed by atoms with E-state index >= 15 is 0 Å². The molecule has 0 spiro atoms. The highest BCUT2D eigenvalue weighted by Crippen LogP contribution is 2.18. The van der Waals surface area contributed by atoms with E-state index in [4.69, 9.17) is 14.6 Å². The molecule has 10 nitrogen and oxygen atoms in total. The van der Waals surface area contributed by atoms with Gasteiger partial charge >= 0.3 is 17.8 Å². The zero-order valence-corrected chi connectivity index (χ0v) is 26.4. The van der Waals surface area contributed by atoms with Gasteiger partial charge in [-0.05, 0) is 40.7 Å². The Hall–Kier alpha value is -5.03. The van der Waals surface area contributed by atoms with Crippen LogP contribution in [0.1, 0.15) is 63.0 Å². The van der Waals surface area contributed by atoms with Crippen molar-refractivity contribution in [1.82, 2.24) is 14.9 Å². The molecule has 0 fully saturated rings. The van der Waals surface area contributed by atoms with Gasteiger partial charge in [0.25, 0.3) is 5.56 Å². The number of hydrogen-bond acceptors (Lipinski definition) is 6. The van der Waals surface area contributed by atoms with Gasteiger partial charge in [-0.2, -0.15) is 0 Å². The highest BCUT2D eigenvalue weighted by Gasteiger charge is 2.24. The van der Waals surface area contributed by atoms with Gasteiger partial charge < -0.3 is 19.9 Å². The molecule has 0 aliphatic carbocycles. The van der Waals surface area contributed by atoms with E-state index in [-0.39, 0.29) is 44.6 Å². The minimum atomic E-state index is -1.07. The van der Waals surface area contributed by atoms with E-state index in [9.17, 15) is 23.6 Å². The molecule has 1 amide bonds. The number of carboxylic acids is 1. The summed E-state index contributed by atoms with van der Waals surface area (Å²) in [5.41, 5.74) is 3.02. The van der Waals surface area contributed by atoms with Crippen LogP contribution >= 0.6 is 0 Å². The Balaban J connectivity index is 0.000000352. The second-order valence-electron chi connectivity index (χ2n) is 11.2. The lowest BCUT2D eigenvalue weighted by atomic mass is 9.98. The monoisotopic (exact) mass is 635 g/mol. The molecular formula is C35H42FN3O7. The van der Waals surface area contributed by atoms with E-state index < -0.39 is 23.8 Å². The van der Waals surface area contributed by atoms with Gasteiger partial charge in [0.05, 0.1) is 6.61 Å². The number of alkyl carbamates (subject to hydrolysis) is 1. The zero-order valence-electron chi connectivity index (χ0n) is 26.4. The number of aromatic nitrogens is 2. The number of H-pyrrole nitrogens is 1. The van der Waals surface area contributed by atoms with Crippen LogP contribution in [0.5, 0.6) is 0 Å². The summed E-state index contributed by atoms with van der Waals surface area (Å²) in [5, 5.41) is 11.2. The van der Waals surface area contributed by atoms with Crippen LogP contribution in [-0.2, 0) is 40.6 Å². The molecule has 3 aromatic carbocycles. The normalized spacial score (nSPS) is 11.5. The molecule has 0 bridgehead atoms. The first-order valence-electron chi connectivity index (χ1n) is 14.9. The molecule has 0 aliphatic heterocycles. The van der Waals surface area contributed by atoms with Crippen molar-refractivity contribution in [1.29, 1.82) is 0 Å². The molecule has 11 heteroatoms. The van der Waals surface area contributed by atoms with Crippen molar-refractivity contribution in [3.05, 3.63) is 140 Å². The van der Waals surface area contributed by atoms with E-state index in [0.717, 1.165) is 16.7 Å². The average molecular weight is 636 g/mol. The Labute approximate surface area is 268 Å². The third-order valence-electron chi connectivity index (χ3n) is 6.96. The van der Waals surface area contributed by atoms with E-state index in [1.165, 1.54) is 16.7 Å². The van der Waals surface area contributed by atoms with Crippen molar-refractivity contribution in [3.8, 4) is 0 Å². The predicted octanol–water partition coefficient (Wildman–Crippen LogP) is 5.83. The van der Waals surface area contributed by atoms with E-state index in [2.05, 4.69) is 10.3 Å². The molecule has 3 N–H and O–H groups in total. The van der Waals surface area contributed by atoms with Gasteiger partial charge in [-0.15, -0.1) is 0 Å². The number of aliphatic carboxylic acids is 1. The lowest BCUT2D eigenvalue weighted by Gasteiger charge is -2.18. The number of nitrogens with zero attached hydrogens (tertiary/aromatic N) is 1. The summed E-state index contributed by atoms with van der Waals surface area (Å²) in [6.07, 6.45) is -0.270. The lowest BCUT2D eigenvalue weighted by Crippen LogP contribution is -2.44. The molecule has 0 aliphatic rings. The molecule has 1 heterocycles. The molecule has 4 aromatic rings. The molecule has 46 heavy (non-hydrogen) atoms. The number of carbonyl (C=O) groups is 2. The predicted molar refractivity (Wildman–Crippen MR) is 174 cm³/mol. The van der Waals surface area contributed by atoms with Gasteiger partial charge in [-0.3, -0.25) is 14.3 Å². The minimum absolute atomic E-state index is 0. The van der Waals surface area contributed by atoms with Gasteiger partial charge in [0.15, 0.2) is 0 Å². The number of amides is 1. The number of rotatable bonds is 12. The molecule has 0 saturated carbocycles. The van der Waals surface area contributed by atoms with Crippen LogP contribution in [0.15, 0.2) is 94.5 Å². The van der Waals surface area contributed by atoms with Gasteiger partial charge in [-0.1, -0.05) is 100 Å². The zero-order chi connectivity index (χ0) is 33.6. The van der Waals surface area contributed by atoms with Gasteiger partial charge in [0, 0.05) is 19.1 Å². The summed E-state index contributed by atoms with van der Waals surface area (Å²) in [5.74, 6) is -1.63.